The van der Waals surface area contributed by atoms with Gasteiger partial charge in [0.15, 0.2) is 5.43 Å². The van der Waals surface area contributed by atoms with E-state index < -0.39 is 28.6 Å². The van der Waals surface area contributed by atoms with Crippen LogP contribution in [0.4, 0.5) is 10.5 Å². The minimum absolute atomic E-state index is 0.0914. The highest BCUT2D eigenvalue weighted by Crippen LogP contribution is 2.25. The molecule has 35 heavy (non-hydrogen) atoms. The zero-order chi connectivity index (χ0) is 25.9. The number of alkyl carbamates (subject to hydrolysis) is 1. The minimum atomic E-state index is -0.961. The first kappa shape index (κ1) is 25.4. The molecule has 0 bridgehead atoms. The Kier molecular flexibility index (Phi) is 7.23. The first-order chi connectivity index (χ1) is 16.4. The molecule has 0 unspecified atom stereocenters. The average molecular weight is 482 g/mol. The van der Waals surface area contributed by atoms with Crippen molar-refractivity contribution in [3.05, 3.63) is 69.1 Å². The Bertz CT molecular complexity index is 1320. The molecule has 2 aromatic carbocycles. The molecular formula is C25H26N2O8. The lowest BCUT2D eigenvalue weighted by Gasteiger charge is -2.24. The second kappa shape index (κ2) is 9.96. The van der Waals surface area contributed by atoms with Gasteiger partial charge in [0.05, 0.1) is 15.9 Å². The standard InChI is InChI=1S/C25H26N2O8/c1-14(2)21(26-24(30)35-25(3,4)5)23(29)34-17-10-11-18-20(12-17)33-13-19(22(18)28)15-6-8-16(9-7-15)27(31)32/h6-14,21H,1-5H3,(H,26,30)/t21-/m0/s1. The van der Waals surface area contributed by atoms with Gasteiger partial charge in [-0.2, -0.15) is 0 Å². The highest BCUT2D eigenvalue weighted by molar-refractivity contribution is 5.86. The van der Waals surface area contributed by atoms with E-state index in [0.717, 1.165) is 0 Å². The Morgan fingerprint density at radius 2 is 1.74 bits per heavy atom. The van der Waals surface area contributed by atoms with Crippen molar-refractivity contribution in [3.8, 4) is 16.9 Å². The van der Waals surface area contributed by atoms with Crippen LogP contribution in [0.5, 0.6) is 5.75 Å². The number of non-ortho nitro benzene ring substituents is 1. The number of nitrogens with zero attached hydrogens (tertiary/aromatic N) is 1. The maximum absolute atomic E-state index is 13.0. The van der Waals surface area contributed by atoms with Gasteiger partial charge in [-0.3, -0.25) is 14.9 Å². The van der Waals surface area contributed by atoms with Crippen LogP contribution in [0.3, 0.4) is 0 Å². The highest BCUT2D eigenvalue weighted by Gasteiger charge is 2.28. The van der Waals surface area contributed by atoms with E-state index in [1.807, 2.05) is 0 Å². The first-order valence-electron chi connectivity index (χ1n) is 10.9. The fourth-order valence-corrected chi connectivity index (χ4v) is 3.25. The van der Waals surface area contributed by atoms with Crippen molar-refractivity contribution in [1.82, 2.24) is 5.32 Å². The number of nitrogens with one attached hydrogen (secondary N) is 1. The predicted octanol–water partition coefficient (Wildman–Crippen LogP) is 4.82. The second-order valence-corrected chi connectivity index (χ2v) is 9.23. The lowest BCUT2D eigenvalue weighted by atomic mass is 10.0. The fourth-order valence-electron chi connectivity index (χ4n) is 3.25. The lowest BCUT2D eigenvalue weighted by Crippen LogP contribution is -2.48. The highest BCUT2D eigenvalue weighted by atomic mass is 16.6. The molecule has 0 radical (unpaired) electrons. The molecule has 10 heteroatoms. The van der Waals surface area contributed by atoms with E-state index in [1.54, 1.807) is 34.6 Å². The smallest absolute Gasteiger partial charge is 0.408 e. The van der Waals surface area contributed by atoms with Gasteiger partial charge < -0.3 is 19.2 Å². The number of carbonyl (C=O) groups is 2. The Morgan fingerprint density at radius 3 is 2.31 bits per heavy atom. The molecule has 1 heterocycles. The van der Waals surface area contributed by atoms with E-state index in [-0.39, 0.29) is 39.3 Å². The van der Waals surface area contributed by atoms with Crippen LogP contribution in [0.25, 0.3) is 22.1 Å². The van der Waals surface area contributed by atoms with Gasteiger partial charge in [0.1, 0.15) is 29.2 Å². The van der Waals surface area contributed by atoms with E-state index in [4.69, 9.17) is 13.9 Å². The van der Waals surface area contributed by atoms with Crippen molar-refractivity contribution in [2.24, 2.45) is 5.92 Å². The number of rotatable bonds is 6. The summed E-state index contributed by atoms with van der Waals surface area (Å²) in [6, 6.07) is 8.89. The fraction of sp³-hybridized carbons (Fsp3) is 0.320. The predicted molar refractivity (Wildman–Crippen MR) is 128 cm³/mol. The van der Waals surface area contributed by atoms with Crippen LogP contribution in [0.15, 0.2) is 57.9 Å². The summed E-state index contributed by atoms with van der Waals surface area (Å²) in [5.74, 6) is -0.849. The van der Waals surface area contributed by atoms with Gasteiger partial charge in [-0.25, -0.2) is 9.59 Å². The summed E-state index contributed by atoms with van der Waals surface area (Å²) in [5, 5.41) is 13.6. The zero-order valence-corrected chi connectivity index (χ0v) is 20.0. The molecule has 3 rings (SSSR count). The summed E-state index contributed by atoms with van der Waals surface area (Å²) in [4.78, 5) is 48.1. The molecular weight excluding hydrogens is 456 g/mol. The number of benzene rings is 2. The van der Waals surface area contributed by atoms with Crippen LogP contribution in [0.1, 0.15) is 34.6 Å². The topological polar surface area (TPSA) is 138 Å². The van der Waals surface area contributed by atoms with Gasteiger partial charge >= 0.3 is 12.1 Å². The van der Waals surface area contributed by atoms with Crippen LogP contribution in [0.2, 0.25) is 0 Å². The summed E-state index contributed by atoms with van der Waals surface area (Å²) in [5.41, 5.74) is -0.269. The van der Waals surface area contributed by atoms with Crippen molar-refractivity contribution in [1.29, 1.82) is 0 Å². The van der Waals surface area contributed by atoms with Crippen LogP contribution in [-0.4, -0.2) is 28.6 Å². The Balaban J connectivity index is 1.82. The number of ether oxygens (including phenoxy) is 2. The van der Waals surface area contributed by atoms with Gasteiger partial charge in [0.25, 0.3) is 5.69 Å². The molecule has 10 nitrogen and oxygen atoms in total. The zero-order valence-electron chi connectivity index (χ0n) is 20.0. The van der Waals surface area contributed by atoms with Gasteiger partial charge in [-0.15, -0.1) is 0 Å². The maximum atomic E-state index is 13.0. The summed E-state index contributed by atoms with van der Waals surface area (Å²) in [7, 11) is 0. The monoisotopic (exact) mass is 482 g/mol. The molecule has 0 saturated carbocycles. The van der Waals surface area contributed by atoms with E-state index in [0.29, 0.717) is 5.56 Å². The Hall–Kier alpha value is -4.21. The number of carbonyl (C=O) groups excluding carboxylic acids is 2. The second-order valence-electron chi connectivity index (χ2n) is 9.23. The molecule has 3 aromatic rings. The van der Waals surface area contributed by atoms with E-state index in [9.17, 15) is 24.5 Å². The van der Waals surface area contributed by atoms with Crippen LogP contribution in [-0.2, 0) is 9.53 Å². The molecule has 0 aliphatic carbocycles. The molecule has 1 amide bonds. The third kappa shape index (κ3) is 6.23. The van der Waals surface area contributed by atoms with Gasteiger partial charge in [0, 0.05) is 18.2 Å². The van der Waals surface area contributed by atoms with Gasteiger partial charge in [0.2, 0.25) is 0 Å². The van der Waals surface area contributed by atoms with Crippen molar-refractivity contribution >= 4 is 28.7 Å². The van der Waals surface area contributed by atoms with E-state index in [2.05, 4.69) is 5.32 Å². The Morgan fingerprint density at radius 1 is 1.09 bits per heavy atom. The summed E-state index contributed by atoms with van der Waals surface area (Å²) in [6.45, 7) is 8.65. The third-order valence-corrected chi connectivity index (χ3v) is 4.95. The van der Waals surface area contributed by atoms with Crippen molar-refractivity contribution in [2.75, 3.05) is 0 Å². The minimum Gasteiger partial charge on any atom is -0.463 e. The number of amides is 1. The SMILES string of the molecule is CC(C)[C@H](NC(=O)OC(C)(C)C)C(=O)Oc1ccc2c(=O)c(-c3ccc([N+](=O)[O-])cc3)coc2c1. The quantitative estimate of drug-likeness (QED) is 0.228. The molecule has 0 fully saturated rings. The molecule has 0 saturated heterocycles. The summed E-state index contributed by atoms with van der Waals surface area (Å²) in [6.07, 6.45) is 0.509. The van der Waals surface area contributed by atoms with E-state index in [1.165, 1.54) is 48.7 Å². The first-order valence-corrected chi connectivity index (χ1v) is 10.9. The number of nitro groups is 1. The van der Waals surface area contributed by atoms with Crippen LogP contribution in [0, 0.1) is 16.0 Å². The largest absolute Gasteiger partial charge is 0.463 e. The van der Waals surface area contributed by atoms with Crippen LogP contribution < -0.4 is 15.5 Å². The Labute approximate surface area is 201 Å². The molecule has 184 valence electrons. The normalized spacial score (nSPS) is 12.3. The molecule has 0 aliphatic rings. The van der Waals surface area contributed by atoms with Crippen molar-refractivity contribution < 1.29 is 28.4 Å². The number of hydrogen-bond donors (Lipinski definition) is 1. The molecule has 1 N–H and O–H groups in total. The van der Waals surface area contributed by atoms with E-state index >= 15 is 0 Å². The maximum Gasteiger partial charge on any atom is 0.408 e. The summed E-state index contributed by atoms with van der Waals surface area (Å²) < 4.78 is 16.2. The molecule has 0 aliphatic heterocycles. The number of fused-ring (bicyclic) bond motifs is 1. The number of esters is 1. The molecule has 0 spiro atoms. The summed E-state index contributed by atoms with van der Waals surface area (Å²) >= 11 is 0. The lowest BCUT2D eigenvalue weighted by molar-refractivity contribution is -0.384. The number of nitro benzene ring substituents is 1. The molecule has 1 aromatic heterocycles. The van der Waals surface area contributed by atoms with Gasteiger partial charge in [-0.05, 0) is 56.5 Å². The average Bonchev–Trinajstić information content (AvgIpc) is 2.76. The van der Waals surface area contributed by atoms with Crippen LogP contribution >= 0.6 is 0 Å². The van der Waals surface area contributed by atoms with Crippen molar-refractivity contribution in [2.45, 2.75) is 46.3 Å². The van der Waals surface area contributed by atoms with Crippen molar-refractivity contribution in [3.63, 3.8) is 0 Å². The van der Waals surface area contributed by atoms with Gasteiger partial charge in [-0.1, -0.05) is 13.8 Å². The molecule has 1 atom stereocenters. The third-order valence-electron chi connectivity index (χ3n) is 4.95. The number of hydrogen-bond acceptors (Lipinski definition) is 8.